The molecule has 110 valence electrons. The van der Waals surface area contributed by atoms with Gasteiger partial charge in [0.2, 0.25) is 10.0 Å². The number of sulfonamides is 1. The van der Waals surface area contributed by atoms with Gasteiger partial charge in [0, 0.05) is 6.04 Å². The maximum atomic E-state index is 12.9. The molecule has 0 saturated carbocycles. The molecule has 0 aromatic heterocycles. The highest BCUT2D eigenvalue weighted by atomic mass is 32.2. The van der Waals surface area contributed by atoms with Gasteiger partial charge in [-0.15, -0.1) is 0 Å². The first kappa shape index (κ1) is 14.9. The van der Waals surface area contributed by atoms with Crippen LogP contribution in [0.4, 0.5) is 4.39 Å². The molecular formula is C13H16FNO4S. The van der Waals surface area contributed by atoms with Gasteiger partial charge in [0.05, 0.1) is 12.0 Å². The maximum Gasteiger partial charge on any atom is 0.324 e. The first-order valence-electron chi connectivity index (χ1n) is 6.25. The number of esters is 1. The van der Waals surface area contributed by atoms with Crippen LogP contribution in [0.2, 0.25) is 0 Å². The number of nitrogens with zero attached hydrogens (tertiary/aromatic N) is 1. The van der Waals surface area contributed by atoms with Gasteiger partial charge in [-0.1, -0.05) is 0 Å². The second kappa shape index (κ2) is 5.49. The van der Waals surface area contributed by atoms with Crippen LogP contribution in [-0.2, 0) is 19.6 Å². The lowest BCUT2D eigenvalue weighted by Crippen LogP contribution is -2.44. The van der Waals surface area contributed by atoms with Crippen molar-refractivity contribution in [3.63, 3.8) is 0 Å². The molecule has 0 bridgehead atoms. The van der Waals surface area contributed by atoms with E-state index in [0.717, 1.165) is 16.4 Å². The Labute approximate surface area is 117 Å². The Balaban J connectivity index is 2.40. The molecule has 0 spiro atoms. The number of ether oxygens (including phenoxy) is 1. The molecule has 0 N–H and O–H groups in total. The van der Waals surface area contributed by atoms with Crippen molar-refractivity contribution in [2.75, 3.05) is 7.11 Å². The minimum atomic E-state index is -3.84. The van der Waals surface area contributed by atoms with Crippen molar-refractivity contribution in [2.24, 2.45) is 0 Å². The van der Waals surface area contributed by atoms with Crippen molar-refractivity contribution in [1.29, 1.82) is 0 Å². The molecule has 7 heteroatoms. The molecule has 5 nitrogen and oxygen atoms in total. The van der Waals surface area contributed by atoms with Crippen LogP contribution in [0.25, 0.3) is 0 Å². The molecule has 2 atom stereocenters. The summed E-state index contributed by atoms with van der Waals surface area (Å²) < 4.78 is 43.9. The lowest BCUT2D eigenvalue weighted by molar-refractivity contribution is -0.144. The Kier molecular flexibility index (Phi) is 4.10. The van der Waals surface area contributed by atoms with Crippen LogP contribution in [-0.4, -0.2) is 37.9 Å². The highest BCUT2D eigenvalue weighted by Gasteiger charge is 2.44. The van der Waals surface area contributed by atoms with E-state index in [1.165, 1.54) is 19.2 Å². The number of hydrogen-bond donors (Lipinski definition) is 0. The van der Waals surface area contributed by atoms with Crippen molar-refractivity contribution in [3.05, 3.63) is 30.1 Å². The van der Waals surface area contributed by atoms with Gasteiger partial charge >= 0.3 is 5.97 Å². The van der Waals surface area contributed by atoms with Gasteiger partial charge in [-0.05, 0) is 44.0 Å². The quantitative estimate of drug-likeness (QED) is 0.794. The van der Waals surface area contributed by atoms with E-state index in [-0.39, 0.29) is 10.9 Å². The van der Waals surface area contributed by atoms with Crippen LogP contribution < -0.4 is 0 Å². The van der Waals surface area contributed by atoms with E-state index in [1.807, 2.05) is 0 Å². The van der Waals surface area contributed by atoms with Crippen LogP contribution >= 0.6 is 0 Å². The van der Waals surface area contributed by atoms with Gasteiger partial charge in [-0.25, -0.2) is 12.8 Å². The van der Waals surface area contributed by atoms with Gasteiger partial charge in [0.25, 0.3) is 0 Å². The van der Waals surface area contributed by atoms with E-state index in [9.17, 15) is 17.6 Å². The maximum absolute atomic E-state index is 12.9. The number of rotatable bonds is 3. The van der Waals surface area contributed by atoms with Crippen molar-refractivity contribution < 1.29 is 22.3 Å². The van der Waals surface area contributed by atoms with E-state index in [0.29, 0.717) is 12.8 Å². The number of hydrogen-bond acceptors (Lipinski definition) is 4. The summed E-state index contributed by atoms with van der Waals surface area (Å²) in [5, 5.41) is 0. The molecule has 1 aromatic rings. The van der Waals surface area contributed by atoms with Crippen LogP contribution in [0.3, 0.4) is 0 Å². The summed E-state index contributed by atoms with van der Waals surface area (Å²) in [4.78, 5) is 11.7. The molecule has 2 rings (SSSR count). The molecule has 1 fully saturated rings. The summed E-state index contributed by atoms with van der Waals surface area (Å²) in [7, 11) is -2.61. The SMILES string of the molecule is COC(=O)[C@@H]1CC[C@H](C)N1S(=O)(=O)c1ccc(F)cc1. The Morgan fingerprint density at radius 2 is 1.90 bits per heavy atom. The van der Waals surface area contributed by atoms with Crippen LogP contribution in [0, 0.1) is 5.82 Å². The van der Waals surface area contributed by atoms with E-state index in [4.69, 9.17) is 0 Å². The molecule has 1 aliphatic rings. The largest absolute Gasteiger partial charge is 0.468 e. The molecule has 1 aliphatic heterocycles. The zero-order chi connectivity index (χ0) is 14.9. The van der Waals surface area contributed by atoms with Gasteiger partial charge in [-0.3, -0.25) is 4.79 Å². The van der Waals surface area contributed by atoms with Crippen molar-refractivity contribution in [1.82, 2.24) is 4.31 Å². The average Bonchev–Trinajstić information content (AvgIpc) is 2.81. The molecule has 1 saturated heterocycles. The lowest BCUT2D eigenvalue weighted by Gasteiger charge is -2.25. The standard InChI is InChI=1S/C13H16FNO4S/c1-9-3-8-12(13(16)19-2)15(9)20(17,18)11-6-4-10(14)5-7-11/h4-7,9,12H,3,8H2,1-2H3/t9-,12-/m0/s1. The van der Waals surface area contributed by atoms with E-state index >= 15 is 0 Å². The molecule has 1 heterocycles. The smallest absolute Gasteiger partial charge is 0.324 e. The zero-order valence-corrected chi connectivity index (χ0v) is 12.1. The first-order chi connectivity index (χ1) is 9.37. The number of halogens is 1. The summed E-state index contributed by atoms with van der Waals surface area (Å²) in [5.41, 5.74) is 0. The van der Waals surface area contributed by atoms with Gasteiger partial charge in [-0.2, -0.15) is 4.31 Å². The van der Waals surface area contributed by atoms with E-state index in [1.54, 1.807) is 6.92 Å². The monoisotopic (exact) mass is 301 g/mol. The normalized spacial score (nSPS) is 23.8. The predicted molar refractivity (Wildman–Crippen MR) is 69.9 cm³/mol. The van der Waals surface area contributed by atoms with Gasteiger partial charge < -0.3 is 4.74 Å². The summed E-state index contributed by atoms with van der Waals surface area (Å²) >= 11 is 0. The molecule has 0 aliphatic carbocycles. The summed E-state index contributed by atoms with van der Waals surface area (Å²) in [5.74, 6) is -1.08. The van der Waals surface area contributed by atoms with Gasteiger partial charge in [0.15, 0.2) is 0 Å². The zero-order valence-electron chi connectivity index (χ0n) is 11.2. The Morgan fingerprint density at radius 3 is 2.45 bits per heavy atom. The average molecular weight is 301 g/mol. The molecule has 0 radical (unpaired) electrons. The second-order valence-corrected chi connectivity index (χ2v) is 6.60. The Bertz CT molecular complexity index is 599. The van der Waals surface area contributed by atoms with Crippen LogP contribution in [0.5, 0.6) is 0 Å². The summed E-state index contributed by atoms with van der Waals surface area (Å²) in [6.45, 7) is 1.74. The molecule has 0 amide bonds. The third-order valence-corrected chi connectivity index (χ3v) is 5.50. The molecular weight excluding hydrogens is 285 g/mol. The number of benzene rings is 1. The Hall–Kier alpha value is -1.47. The fourth-order valence-electron chi connectivity index (χ4n) is 2.45. The highest BCUT2D eigenvalue weighted by Crippen LogP contribution is 2.31. The van der Waals surface area contributed by atoms with E-state index in [2.05, 4.69) is 4.74 Å². The summed E-state index contributed by atoms with van der Waals surface area (Å²) in [6, 6.07) is 3.45. The molecule has 20 heavy (non-hydrogen) atoms. The summed E-state index contributed by atoms with van der Waals surface area (Å²) in [6.07, 6.45) is 1.01. The fourth-order valence-corrected chi connectivity index (χ4v) is 4.28. The highest BCUT2D eigenvalue weighted by molar-refractivity contribution is 7.89. The third-order valence-electron chi connectivity index (χ3n) is 3.46. The molecule has 0 unspecified atom stereocenters. The Morgan fingerprint density at radius 1 is 1.30 bits per heavy atom. The molecule has 1 aromatic carbocycles. The minimum absolute atomic E-state index is 0.0263. The number of carbonyl (C=O) groups excluding carboxylic acids is 1. The van der Waals surface area contributed by atoms with Gasteiger partial charge in [0.1, 0.15) is 11.9 Å². The minimum Gasteiger partial charge on any atom is -0.468 e. The van der Waals surface area contributed by atoms with Crippen molar-refractivity contribution in [2.45, 2.75) is 36.7 Å². The predicted octanol–water partition coefficient (Wildman–Crippen LogP) is 1.54. The van der Waals surface area contributed by atoms with Crippen molar-refractivity contribution >= 4 is 16.0 Å². The van der Waals surface area contributed by atoms with Crippen LogP contribution in [0.15, 0.2) is 29.2 Å². The number of carbonyl (C=O) groups is 1. The third kappa shape index (κ3) is 2.55. The first-order valence-corrected chi connectivity index (χ1v) is 7.69. The fraction of sp³-hybridized carbons (Fsp3) is 0.462. The number of methoxy groups -OCH3 is 1. The topological polar surface area (TPSA) is 63.7 Å². The second-order valence-electron chi connectivity index (χ2n) is 4.75. The lowest BCUT2D eigenvalue weighted by atomic mass is 10.2. The van der Waals surface area contributed by atoms with Crippen LogP contribution in [0.1, 0.15) is 19.8 Å². The van der Waals surface area contributed by atoms with Crippen molar-refractivity contribution in [3.8, 4) is 0 Å². The van der Waals surface area contributed by atoms with E-state index < -0.39 is 27.9 Å².